The van der Waals surface area contributed by atoms with Gasteiger partial charge in [-0.2, -0.15) is 0 Å². The molecule has 3 N–H and O–H groups in total. The second kappa shape index (κ2) is 7.76. The standard InChI is InChI=1S/C14H22N2O3/c1-16(2)8-5-9-19-13-7-4-3-6-11(13)10-12(15)14(17)18/h3-4,6-7,12H,5,8-10,15H2,1-2H3,(H,17,18)/t12-/m1/s1. The molecule has 0 aromatic heterocycles. The third kappa shape index (κ3) is 5.72. The lowest BCUT2D eigenvalue weighted by Gasteiger charge is -2.14. The molecule has 1 aromatic rings. The van der Waals surface area contributed by atoms with E-state index in [1.807, 2.05) is 38.4 Å². The van der Waals surface area contributed by atoms with Gasteiger partial charge < -0.3 is 20.5 Å². The molecule has 0 fully saturated rings. The van der Waals surface area contributed by atoms with Crippen LogP contribution in [-0.2, 0) is 11.2 Å². The van der Waals surface area contributed by atoms with Gasteiger partial charge in [-0.25, -0.2) is 0 Å². The number of ether oxygens (including phenoxy) is 1. The fraction of sp³-hybridized carbons (Fsp3) is 0.500. The summed E-state index contributed by atoms with van der Waals surface area (Å²) >= 11 is 0. The molecule has 19 heavy (non-hydrogen) atoms. The molecule has 0 unspecified atom stereocenters. The van der Waals surface area contributed by atoms with E-state index in [-0.39, 0.29) is 6.42 Å². The molecule has 0 spiro atoms. The van der Waals surface area contributed by atoms with Gasteiger partial charge in [0.15, 0.2) is 0 Å². The van der Waals surface area contributed by atoms with Crippen molar-refractivity contribution in [2.75, 3.05) is 27.2 Å². The van der Waals surface area contributed by atoms with Crippen LogP contribution in [0.25, 0.3) is 0 Å². The minimum Gasteiger partial charge on any atom is -0.493 e. The summed E-state index contributed by atoms with van der Waals surface area (Å²) in [6, 6.07) is 6.53. The number of carboxylic acids is 1. The van der Waals surface area contributed by atoms with E-state index >= 15 is 0 Å². The minimum absolute atomic E-state index is 0.277. The summed E-state index contributed by atoms with van der Waals surface area (Å²) in [7, 11) is 4.03. The Morgan fingerprint density at radius 3 is 2.74 bits per heavy atom. The fourth-order valence-electron chi connectivity index (χ4n) is 1.70. The van der Waals surface area contributed by atoms with Crippen molar-refractivity contribution in [1.29, 1.82) is 0 Å². The van der Waals surface area contributed by atoms with Gasteiger partial charge in [0, 0.05) is 13.0 Å². The van der Waals surface area contributed by atoms with Crippen LogP contribution in [0.4, 0.5) is 0 Å². The molecule has 106 valence electrons. The second-order valence-corrected chi connectivity index (χ2v) is 4.76. The molecule has 1 aromatic carbocycles. The highest BCUT2D eigenvalue weighted by molar-refractivity contribution is 5.73. The Labute approximate surface area is 114 Å². The van der Waals surface area contributed by atoms with Gasteiger partial charge in [0.2, 0.25) is 0 Å². The molecule has 0 saturated heterocycles. The Balaban J connectivity index is 2.55. The summed E-state index contributed by atoms with van der Waals surface area (Å²) in [5, 5.41) is 8.84. The van der Waals surface area contributed by atoms with Crippen LogP contribution in [0.5, 0.6) is 5.75 Å². The predicted octanol–water partition coefficient (Wildman–Crippen LogP) is 0.971. The van der Waals surface area contributed by atoms with Gasteiger partial charge in [-0.1, -0.05) is 18.2 Å². The van der Waals surface area contributed by atoms with Crippen molar-refractivity contribution in [2.24, 2.45) is 5.73 Å². The van der Waals surface area contributed by atoms with E-state index in [2.05, 4.69) is 4.90 Å². The zero-order valence-corrected chi connectivity index (χ0v) is 11.5. The van der Waals surface area contributed by atoms with Crippen LogP contribution in [0.2, 0.25) is 0 Å². The Kier molecular flexibility index (Phi) is 6.32. The van der Waals surface area contributed by atoms with Gasteiger partial charge >= 0.3 is 5.97 Å². The first kappa shape index (κ1) is 15.5. The van der Waals surface area contributed by atoms with E-state index in [1.54, 1.807) is 0 Å². The summed E-state index contributed by atoms with van der Waals surface area (Å²) < 4.78 is 5.69. The van der Waals surface area contributed by atoms with E-state index in [0.717, 1.165) is 24.3 Å². The summed E-state index contributed by atoms with van der Waals surface area (Å²) in [5.41, 5.74) is 6.39. The molecule has 1 atom stereocenters. The topological polar surface area (TPSA) is 75.8 Å². The van der Waals surface area contributed by atoms with Gasteiger partial charge in [-0.3, -0.25) is 4.79 Å². The van der Waals surface area contributed by atoms with Gasteiger partial charge in [-0.05, 0) is 32.1 Å². The maximum atomic E-state index is 10.8. The average Bonchev–Trinajstić information content (AvgIpc) is 2.36. The number of hydrogen-bond acceptors (Lipinski definition) is 4. The number of hydrogen-bond donors (Lipinski definition) is 2. The van der Waals surface area contributed by atoms with E-state index in [4.69, 9.17) is 15.6 Å². The molecule has 0 radical (unpaired) electrons. The second-order valence-electron chi connectivity index (χ2n) is 4.76. The maximum absolute atomic E-state index is 10.8. The van der Waals surface area contributed by atoms with Gasteiger partial charge in [0.1, 0.15) is 11.8 Å². The third-order valence-corrected chi connectivity index (χ3v) is 2.74. The number of rotatable bonds is 8. The maximum Gasteiger partial charge on any atom is 0.320 e. The summed E-state index contributed by atoms with van der Waals surface area (Å²) in [6.07, 6.45) is 1.20. The van der Waals surface area contributed by atoms with Crippen molar-refractivity contribution in [3.8, 4) is 5.75 Å². The quantitative estimate of drug-likeness (QED) is 0.686. The van der Waals surface area contributed by atoms with Gasteiger partial charge in [-0.15, -0.1) is 0 Å². The number of carbonyl (C=O) groups is 1. The fourth-order valence-corrected chi connectivity index (χ4v) is 1.70. The zero-order chi connectivity index (χ0) is 14.3. The summed E-state index contributed by atoms with van der Waals surface area (Å²) in [4.78, 5) is 12.9. The van der Waals surface area contributed by atoms with Crippen LogP contribution in [0.3, 0.4) is 0 Å². The molecule has 0 saturated carbocycles. The van der Waals surface area contributed by atoms with E-state index in [9.17, 15) is 4.79 Å². The van der Waals surface area contributed by atoms with Crippen molar-refractivity contribution in [2.45, 2.75) is 18.9 Å². The number of aliphatic carboxylic acids is 1. The van der Waals surface area contributed by atoms with Crippen molar-refractivity contribution >= 4 is 5.97 Å². The largest absolute Gasteiger partial charge is 0.493 e. The molecular formula is C14H22N2O3. The lowest BCUT2D eigenvalue weighted by Crippen LogP contribution is -2.32. The lowest BCUT2D eigenvalue weighted by molar-refractivity contribution is -0.138. The zero-order valence-electron chi connectivity index (χ0n) is 11.5. The van der Waals surface area contributed by atoms with Crippen LogP contribution >= 0.6 is 0 Å². The predicted molar refractivity (Wildman–Crippen MR) is 74.4 cm³/mol. The number of nitrogens with zero attached hydrogens (tertiary/aromatic N) is 1. The Morgan fingerprint density at radius 2 is 2.11 bits per heavy atom. The molecule has 5 nitrogen and oxygen atoms in total. The lowest BCUT2D eigenvalue weighted by atomic mass is 10.1. The molecule has 0 aliphatic carbocycles. The Bertz CT molecular complexity index is 407. The number of para-hydroxylation sites is 1. The first-order valence-electron chi connectivity index (χ1n) is 6.34. The minimum atomic E-state index is -0.998. The van der Waals surface area contributed by atoms with Gasteiger partial charge in [0.25, 0.3) is 0 Å². The van der Waals surface area contributed by atoms with Crippen LogP contribution in [0, 0.1) is 0 Å². The highest BCUT2D eigenvalue weighted by atomic mass is 16.5. The van der Waals surface area contributed by atoms with Crippen molar-refractivity contribution in [3.05, 3.63) is 29.8 Å². The van der Waals surface area contributed by atoms with E-state index in [0.29, 0.717) is 6.61 Å². The molecule has 0 aliphatic rings. The molecule has 5 heteroatoms. The summed E-state index contributed by atoms with van der Waals surface area (Å²) in [6.45, 7) is 1.56. The molecular weight excluding hydrogens is 244 g/mol. The molecule has 0 bridgehead atoms. The highest BCUT2D eigenvalue weighted by Gasteiger charge is 2.14. The first-order chi connectivity index (χ1) is 9.00. The van der Waals surface area contributed by atoms with E-state index in [1.165, 1.54) is 0 Å². The first-order valence-corrected chi connectivity index (χ1v) is 6.34. The number of carboxylic acid groups (broad SMARTS) is 1. The van der Waals surface area contributed by atoms with Gasteiger partial charge in [0.05, 0.1) is 6.61 Å². The third-order valence-electron chi connectivity index (χ3n) is 2.74. The smallest absolute Gasteiger partial charge is 0.320 e. The van der Waals surface area contributed by atoms with E-state index < -0.39 is 12.0 Å². The van der Waals surface area contributed by atoms with Crippen LogP contribution < -0.4 is 10.5 Å². The van der Waals surface area contributed by atoms with Crippen molar-refractivity contribution < 1.29 is 14.6 Å². The Morgan fingerprint density at radius 1 is 1.42 bits per heavy atom. The summed E-state index contributed by atoms with van der Waals surface area (Å²) in [5.74, 6) is -0.277. The monoisotopic (exact) mass is 266 g/mol. The van der Waals surface area contributed by atoms with Crippen LogP contribution in [0.15, 0.2) is 24.3 Å². The average molecular weight is 266 g/mol. The normalized spacial score (nSPS) is 12.4. The number of benzene rings is 1. The molecule has 0 amide bonds. The van der Waals surface area contributed by atoms with Crippen molar-refractivity contribution in [1.82, 2.24) is 4.90 Å². The molecule has 0 aliphatic heterocycles. The van der Waals surface area contributed by atoms with Crippen molar-refractivity contribution in [3.63, 3.8) is 0 Å². The molecule has 1 rings (SSSR count). The van der Waals surface area contributed by atoms with Crippen LogP contribution in [-0.4, -0.2) is 49.3 Å². The SMILES string of the molecule is CN(C)CCCOc1ccccc1C[C@@H](N)C(=O)O. The molecule has 0 heterocycles. The Hall–Kier alpha value is -1.59. The van der Waals surface area contributed by atoms with Crippen LogP contribution in [0.1, 0.15) is 12.0 Å². The highest BCUT2D eigenvalue weighted by Crippen LogP contribution is 2.19. The number of nitrogens with two attached hydrogens (primary N) is 1.